The number of likely N-dealkylation sites (tertiary alicyclic amines) is 1. The van der Waals surface area contributed by atoms with Gasteiger partial charge in [0.1, 0.15) is 11.9 Å². The molecule has 1 saturated heterocycles. The van der Waals surface area contributed by atoms with Crippen LogP contribution in [-0.2, 0) is 0 Å². The van der Waals surface area contributed by atoms with E-state index in [4.69, 9.17) is 11.0 Å². The molecule has 2 aromatic rings. The van der Waals surface area contributed by atoms with Crippen molar-refractivity contribution < 1.29 is 4.79 Å². The van der Waals surface area contributed by atoms with Crippen molar-refractivity contribution in [3.05, 3.63) is 29.8 Å². The zero-order valence-electron chi connectivity index (χ0n) is 16.7. The summed E-state index contributed by atoms with van der Waals surface area (Å²) in [4.78, 5) is 23.1. The van der Waals surface area contributed by atoms with Gasteiger partial charge >= 0.3 is 0 Å². The number of hydrogen-bond acceptors (Lipinski definition) is 9. The lowest BCUT2D eigenvalue weighted by Crippen LogP contribution is -2.37. The topological polar surface area (TPSA) is 146 Å². The SMILES string of the molecule is N#Cc1cnc(Nc2cc(NC3CCC(N)C3)c(C(=O)N3CCCCC3)nn2)cn1. The van der Waals surface area contributed by atoms with Crippen LogP contribution >= 0.6 is 0 Å². The quantitative estimate of drug-likeness (QED) is 0.675. The Morgan fingerprint density at radius 2 is 1.97 bits per heavy atom. The van der Waals surface area contributed by atoms with E-state index >= 15 is 0 Å². The van der Waals surface area contributed by atoms with Gasteiger partial charge in [0.2, 0.25) is 0 Å². The van der Waals surface area contributed by atoms with Gasteiger partial charge < -0.3 is 21.3 Å². The highest BCUT2D eigenvalue weighted by atomic mass is 16.2. The van der Waals surface area contributed by atoms with E-state index in [1.165, 1.54) is 12.4 Å². The second-order valence-corrected chi connectivity index (χ2v) is 7.78. The minimum atomic E-state index is -0.100. The Labute approximate surface area is 174 Å². The molecule has 1 aliphatic carbocycles. The van der Waals surface area contributed by atoms with Crippen LogP contribution in [0.25, 0.3) is 0 Å². The lowest BCUT2D eigenvalue weighted by atomic mass is 10.1. The number of nitrogens with zero attached hydrogens (tertiary/aromatic N) is 6. The Morgan fingerprint density at radius 1 is 1.13 bits per heavy atom. The first-order valence-electron chi connectivity index (χ1n) is 10.3. The second kappa shape index (κ2) is 9.00. The van der Waals surface area contributed by atoms with Gasteiger partial charge in [-0.05, 0) is 38.5 Å². The van der Waals surface area contributed by atoms with Gasteiger partial charge in [0.05, 0.1) is 18.1 Å². The van der Waals surface area contributed by atoms with Crippen LogP contribution in [0.1, 0.15) is 54.7 Å². The first-order chi connectivity index (χ1) is 14.6. The average molecular weight is 407 g/mol. The van der Waals surface area contributed by atoms with E-state index in [2.05, 4.69) is 30.8 Å². The molecule has 0 radical (unpaired) electrons. The van der Waals surface area contributed by atoms with Crippen LogP contribution in [0, 0.1) is 11.3 Å². The Kier molecular flexibility index (Phi) is 5.99. The van der Waals surface area contributed by atoms with Crippen LogP contribution in [-0.4, -0.2) is 56.1 Å². The molecule has 3 heterocycles. The third-order valence-electron chi connectivity index (χ3n) is 5.50. The van der Waals surface area contributed by atoms with E-state index in [0.29, 0.717) is 23.0 Å². The highest BCUT2D eigenvalue weighted by Gasteiger charge is 2.27. The molecular formula is C20H25N9O. The van der Waals surface area contributed by atoms with Crippen molar-refractivity contribution in [2.45, 2.75) is 50.6 Å². The smallest absolute Gasteiger partial charge is 0.276 e. The summed E-state index contributed by atoms with van der Waals surface area (Å²) in [7, 11) is 0. The molecule has 2 unspecified atom stereocenters. The number of rotatable bonds is 5. The monoisotopic (exact) mass is 407 g/mol. The fourth-order valence-corrected chi connectivity index (χ4v) is 3.92. The normalized spacial score (nSPS) is 21.1. The molecule has 1 amide bonds. The van der Waals surface area contributed by atoms with Gasteiger partial charge in [0.15, 0.2) is 17.2 Å². The van der Waals surface area contributed by atoms with Gasteiger partial charge in [0, 0.05) is 31.2 Å². The van der Waals surface area contributed by atoms with Crippen molar-refractivity contribution >= 4 is 23.2 Å². The lowest BCUT2D eigenvalue weighted by molar-refractivity contribution is 0.0718. The van der Waals surface area contributed by atoms with Crippen molar-refractivity contribution in [3.63, 3.8) is 0 Å². The van der Waals surface area contributed by atoms with Crippen LogP contribution in [0.2, 0.25) is 0 Å². The Morgan fingerprint density at radius 3 is 2.63 bits per heavy atom. The molecule has 0 bridgehead atoms. The molecular weight excluding hydrogens is 382 g/mol. The van der Waals surface area contributed by atoms with Gasteiger partial charge in [-0.25, -0.2) is 9.97 Å². The predicted octanol–water partition coefficient (Wildman–Crippen LogP) is 1.80. The van der Waals surface area contributed by atoms with Gasteiger partial charge in [-0.3, -0.25) is 4.79 Å². The van der Waals surface area contributed by atoms with E-state index < -0.39 is 0 Å². The molecule has 4 N–H and O–H groups in total. The lowest BCUT2D eigenvalue weighted by Gasteiger charge is -2.27. The Hall–Kier alpha value is -3.32. The number of anilines is 3. The number of nitrogens with two attached hydrogens (primary N) is 1. The molecule has 1 saturated carbocycles. The number of hydrogen-bond donors (Lipinski definition) is 3. The molecule has 10 nitrogen and oxygen atoms in total. The van der Waals surface area contributed by atoms with E-state index in [1.54, 1.807) is 6.07 Å². The molecule has 2 fully saturated rings. The van der Waals surface area contributed by atoms with Crippen LogP contribution in [0.15, 0.2) is 18.5 Å². The molecule has 2 aliphatic rings. The fourth-order valence-electron chi connectivity index (χ4n) is 3.92. The summed E-state index contributed by atoms with van der Waals surface area (Å²) in [6.07, 6.45) is 8.76. The zero-order valence-corrected chi connectivity index (χ0v) is 16.7. The van der Waals surface area contributed by atoms with Gasteiger partial charge in [-0.15, -0.1) is 10.2 Å². The van der Waals surface area contributed by atoms with Gasteiger partial charge in [-0.1, -0.05) is 0 Å². The number of piperidine rings is 1. The maximum Gasteiger partial charge on any atom is 0.276 e. The number of carbonyl (C=O) groups excluding carboxylic acids is 1. The maximum atomic E-state index is 13.1. The number of amides is 1. The fraction of sp³-hybridized carbons (Fsp3) is 0.500. The summed E-state index contributed by atoms with van der Waals surface area (Å²) in [6.45, 7) is 1.49. The molecule has 156 valence electrons. The molecule has 2 aromatic heterocycles. The third-order valence-corrected chi connectivity index (χ3v) is 5.50. The molecule has 30 heavy (non-hydrogen) atoms. The third kappa shape index (κ3) is 4.63. The highest BCUT2D eigenvalue weighted by molar-refractivity contribution is 5.98. The van der Waals surface area contributed by atoms with Crippen molar-refractivity contribution in [2.75, 3.05) is 23.7 Å². The summed E-state index contributed by atoms with van der Waals surface area (Å²) in [5.41, 5.74) is 7.26. The Bertz CT molecular complexity index is 934. The van der Waals surface area contributed by atoms with Crippen LogP contribution in [0.5, 0.6) is 0 Å². The molecule has 10 heteroatoms. The largest absolute Gasteiger partial charge is 0.380 e. The first kappa shape index (κ1) is 20.0. The standard InChI is InChI=1S/C20H25N9O/c21-10-15-11-24-18(12-23-15)26-17-9-16(25-14-5-4-13(22)8-14)19(28-27-17)20(30)29-6-2-1-3-7-29/h9,11-14H,1-8,22H2,(H2,24,25,26,27). The van der Waals surface area contributed by atoms with Gasteiger partial charge in [-0.2, -0.15) is 5.26 Å². The van der Waals surface area contributed by atoms with Crippen LogP contribution in [0.4, 0.5) is 17.3 Å². The predicted molar refractivity (Wildman–Crippen MR) is 111 cm³/mol. The van der Waals surface area contributed by atoms with Crippen molar-refractivity contribution in [2.24, 2.45) is 5.73 Å². The van der Waals surface area contributed by atoms with Crippen LogP contribution < -0.4 is 16.4 Å². The van der Waals surface area contributed by atoms with Gasteiger partial charge in [0.25, 0.3) is 5.91 Å². The minimum Gasteiger partial charge on any atom is -0.380 e. The second-order valence-electron chi connectivity index (χ2n) is 7.78. The summed E-state index contributed by atoms with van der Waals surface area (Å²) >= 11 is 0. The number of carbonyl (C=O) groups is 1. The van der Waals surface area contributed by atoms with E-state index in [1.807, 2.05) is 11.0 Å². The summed E-state index contributed by atoms with van der Waals surface area (Å²) in [6, 6.07) is 4.07. The zero-order chi connectivity index (χ0) is 20.9. The highest BCUT2D eigenvalue weighted by Crippen LogP contribution is 2.26. The van der Waals surface area contributed by atoms with Crippen molar-refractivity contribution in [3.8, 4) is 6.07 Å². The summed E-state index contributed by atoms with van der Waals surface area (Å²) in [5, 5.41) is 23.8. The summed E-state index contributed by atoms with van der Waals surface area (Å²) < 4.78 is 0. The number of aromatic nitrogens is 4. The molecule has 1 aliphatic heterocycles. The van der Waals surface area contributed by atoms with Crippen LogP contribution in [0.3, 0.4) is 0 Å². The average Bonchev–Trinajstić information content (AvgIpc) is 3.19. The number of nitrogens with one attached hydrogen (secondary N) is 2. The van der Waals surface area contributed by atoms with E-state index in [-0.39, 0.29) is 23.7 Å². The first-order valence-corrected chi connectivity index (χ1v) is 10.3. The molecule has 2 atom stereocenters. The number of nitriles is 1. The maximum absolute atomic E-state index is 13.1. The van der Waals surface area contributed by atoms with Crippen molar-refractivity contribution in [1.82, 2.24) is 25.1 Å². The molecule has 0 aromatic carbocycles. The van der Waals surface area contributed by atoms with Crippen molar-refractivity contribution in [1.29, 1.82) is 5.26 Å². The molecule has 0 spiro atoms. The minimum absolute atomic E-state index is 0.100. The van der Waals surface area contributed by atoms with E-state index in [9.17, 15) is 4.79 Å². The molecule has 4 rings (SSSR count). The van der Waals surface area contributed by atoms with E-state index in [0.717, 1.165) is 51.6 Å². The Balaban J connectivity index is 1.58. The summed E-state index contributed by atoms with van der Waals surface area (Å²) in [5.74, 6) is 0.776.